The fourth-order valence-electron chi connectivity index (χ4n) is 4.57. The Morgan fingerprint density at radius 3 is 2.49 bits per heavy atom. The molecule has 2 aromatic rings. The summed E-state index contributed by atoms with van der Waals surface area (Å²) in [6.07, 6.45) is -0.662. The Bertz CT molecular complexity index is 1140. The Labute approximate surface area is 214 Å². The van der Waals surface area contributed by atoms with Gasteiger partial charge >= 0.3 is 6.09 Å². The van der Waals surface area contributed by atoms with Gasteiger partial charge in [-0.25, -0.2) is 9.78 Å². The second-order valence-corrected chi connectivity index (χ2v) is 10.8. The van der Waals surface area contributed by atoms with Gasteiger partial charge in [0.05, 0.1) is 11.2 Å². The van der Waals surface area contributed by atoms with E-state index in [0.29, 0.717) is 44.2 Å². The summed E-state index contributed by atoms with van der Waals surface area (Å²) < 4.78 is 18.3. The Morgan fingerprint density at radius 2 is 1.86 bits per heavy atom. The number of hydrogen-bond acceptors (Lipinski definition) is 8. The SMILES string of the molecule is CO[C@@H]1CN(C)C[C@H]1Oc1nc2c(Br)cccc2c(N2CCN(C(=O)OC(C)(C)C)CC2)c1C#N. The average molecular weight is 546 g/mol. The average Bonchev–Trinajstić information content (AvgIpc) is 3.16. The molecule has 0 spiro atoms. The molecule has 1 amide bonds. The van der Waals surface area contributed by atoms with Crippen LogP contribution in [0.1, 0.15) is 26.3 Å². The predicted octanol–water partition coefficient (Wildman–Crippen LogP) is 3.63. The van der Waals surface area contributed by atoms with Crippen molar-refractivity contribution in [2.45, 2.75) is 38.6 Å². The second-order valence-electron chi connectivity index (χ2n) is 9.99. The minimum Gasteiger partial charge on any atom is -0.469 e. The first-order valence-electron chi connectivity index (χ1n) is 11.7. The van der Waals surface area contributed by atoms with Crippen molar-refractivity contribution in [2.24, 2.45) is 0 Å². The van der Waals surface area contributed by atoms with Crippen LogP contribution in [-0.4, -0.2) is 92.1 Å². The highest BCUT2D eigenvalue weighted by Gasteiger charge is 2.35. The molecule has 9 nitrogen and oxygen atoms in total. The smallest absolute Gasteiger partial charge is 0.410 e. The van der Waals surface area contributed by atoms with E-state index in [0.717, 1.165) is 27.6 Å². The van der Waals surface area contributed by atoms with Crippen LogP contribution < -0.4 is 9.64 Å². The number of carbonyl (C=O) groups is 1. The molecule has 0 aliphatic carbocycles. The third-order valence-electron chi connectivity index (χ3n) is 6.23. The van der Waals surface area contributed by atoms with Gasteiger partial charge in [-0.05, 0) is 49.8 Å². The first-order chi connectivity index (χ1) is 16.6. The molecule has 1 aromatic heterocycles. The summed E-state index contributed by atoms with van der Waals surface area (Å²) in [4.78, 5) is 23.3. The van der Waals surface area contributed by atoms with Gasteiger partial charge in [0.15, 0.2) is 0 Å². The fraction of sp³-hybridized carbons (Fsp3) is 0.560. The minimum atomic E-state index is -0.545. The Balaban J connectivity index is 1.68. The normalized spacial score (nSPS) is 21.3. The molecule has 3 heterocycles. The van der Waals surface area contributed by atoms with E-state index in [1.165, 1.54) is 0 Å². The Kier molecular flexibility index (Phi) is 7.40. The summed E-state index contributed by atoms with van der Waals surface area (Å²) in [7, 11) is 3.69. The zero-order chi connectivity index (χ0) is 25.3. The maximum atomic E-state index is 12.6. The first-order valence-corrected chi connectivity index (χ1v) is 12.5. The molecule has 0 saturated carbocycles. The number of aromatic nitrogens is 1. The molecule has 1 aromatic carbocycles. The second kappa shape index (κ2) is 10.2. The number of para-hydroxylation sites is 1. The van der Waals surface area contributed by atoms with Gasteiger partial charge in [0.1, 0.15) is 29.4 Å². The quantitative estimate of drug-likeness (QED) is 0.575. The number of amides is 1. The van der Waals surface area contributed by atoms with Crippen molar-refractivity contribution in [3.8, 4) is 11.9 Å². The maximum absolute atomic E-state index is 12.6. The topological polar surface area (TPSA) is 91.2 Å². The lowest BCUT2D eigenvalue weighted by Crippen LogP contribution is -2.50. The lowest BCUT2D eigenvalue weighted by Gasteiger charge is -2.37. The van der Waals surface area contributed by atoms with Crippen LogP contribution >= 0.6 is 15.9 Å². The molecule has 0 bridgehead atoms. The van der Waals surface area contributed by atoms with Gasteiger partial charge in [-0.1, -0.05) is 12.1 Å². The van der Waals surface area contributed by atoms with Gasteiger partial charge in [-0.15, -0.1) is 0 Å². The summed E-state index contributed by atoms with van der Waals surface area (Å²) in [5.74, 6) is 0.304. The van der Waals surface area contributed by atoms with E-state index in [-0.39, 0.29) is 18.3 Å². The van der Waals surface area contributed by atoms with Crippen LogP contribution in [0.4, 0.5) is 10.5 Å². The number of nitrogens with zero attached hydrogens (tertiary/aromatic N) is 5. The number of nitriles is 1. The number of halogens is 1. The molecule has 188 valence electrons. The summed E-state index contributed by atoms with van der Waals surface area (Å²) in [5, 5.41) is 11.1. The molecular weight excluding hydrogens is 514 g/mol. The van der Waals surface area contributed by atoms with Crippen molar-refractivity contribution in [2.75, 3.05) is 58.3 Å². The third-order valence-corrected chi connectivity index (χ3v) is 6.87. The number of methoxy groups -OCH3 is 1. The predicted molar refractivity (Wildman–Crippen MR) is 137 cm³/mol. The van der Waals surface area contributed by atoms with Crippen LogP contribution in [0, 0.1) is 11.3 Å². The number of likely N-dealkylation sites (N-methyl/N-ethyl adjacent to an activating group) is 1. The van der Waals surface area contributed by atoms with Crippen molar-refractivity contribution in [1.29, 1.82) is 5.26 Å². The molecule has 4 rings (SSSR count). The molecule has 2 aliphatic heterocycles. The van der Waals surface area contributed by atoms with Gasteiger partial charge in [0, 0.05) is 56.2 Å². The number of benzene rings is 1. The number of fused-ring (bicyclic) bond motifs is 1. The van der Waals surface area contributed by atoms with E-state index in [9.17, 15) is 10.1 Å². The lowest BCUT2D eigenvalue weighted by atomic mass is 10.1. The number of rotatable bonds is 4. The van der Waals surface area contributed by atoms with E-state index in [2.05, 4.69) is 31.8 Å². The van der Waals surface area contributed by atoms with E-state index in [1.807, 2.05) is 46.0 Å². The molecule has 0 radical (unpaired) electrons. The molecule has 0 unspecified atom stereocenters. The maximum Gasteiger partial charge on any atom is 0.410 e. The molecule has 2 saturated heterocycles. The van der Waals surface area contributed by atoms with Crippen molar-refractivity contribution in [3.05, 3.63) is 28.2 Å². The number of likely N-dealkylation sites (tertiary alicyclic amines) is 1. The summed E-state index contributed by atoms with van der Waals surface area (Å²) in [5.41, 5.74) is 1.35. The highest BCUT2D eigenvalue weighted by molar-refractivity contribution is 9.10. The van der Waals surface area contributed by atoms with Crippen molar-refractivity contribution < 1.29 is 19.0 Å². The van der Waals surface area contributed by atoms with Gasteiger partial charge in [0.2, 0.25) is 5.88 Å². The highest BCUT2D eigenvalue weighted by atomic mass is 79.9. The number of carbonyl (C=O) groups excluding carboxylic acids is 1. The molecule has 35 heavy (non-hydrogen) atoms. The van der Waals surface area contributed by atoms with Crippen molar-refractivity contribution >= 4 is 38.6 Å². The monoisotopic (exact) mass is 545 g/mol. The van der Waals surface area contributed by atoms with Crippen molar-refractivity contribution in [3.63, 3.8) is 0 Å². The van der Waals surface area contributed by atoms with E-state index in [1.54, 1.807) is 12.0 Å². The Hall–Kier alpha value is -2.61. The lowest BCUT2D eigenvalue weighted by molar-refractivity contribution is 0.0240. The zero-order valence-electron chi connectivity index (χ0n) is 20.9. The van der Waals surface area contributed by atoms with E-state index < -0.39 is 5.60 Å². The van der Waals surface area contributed by atoms with Crippen LogP contribution in [0.5, 0.6) is 5.88 Å². The molecular formula is C25H32BrN5O4. The number of piperazine rings is 1. The molecule has 10 heteroatoms. The standard InChI is InChI=1S/C25H32BrN5O4/c1-25(2,3)35-24(32)31-11-9-30(10-12-31)22-16-7-6-8-18(26)21(16)28-23(17(22)13-27)34-20-15-29(4)14-19(20)33-5/h6-8,19-20H,9-12,14-15H2,1-5H3/t19-,20-/m1/s1. The number of hydrogen-bond donors (Lipinski definition) is 0. The molecule has 2 fully saturated rings. The number of anilines is 1. The van der Waals surface area contributed by atoms with Crippen LogP contribution in [0.2, 0.25) is 0 Å². The summed E-state index contributed by atoms with van der Waals surface area (Å²) in [6.45, 7) is 9.12. The number of pyridine rings is 1. The molecule has 2 atom stereocenters. The van der Waals surface area contributed by atoms with E-state index >= 15 is 0 Å². The molecule has 0 N–H and O–H groups in total. The van der Waals surface area contributed by atoms with Gasteiger partial charge in [0.25, 0.3) is 0 Å². The largest absolute Gasteiger partial charge is 0.469 e. The number of ether oxygens (including phenoxy) is 3. The van der Waals surface area contributed by atoms with Crippen molar-refractivity contribution in [1.82, 2.24) is 14.8 Å². The molecule has 2 aliphatic rings. The Morgan fingerprint density at radius 1 is 1.17 bits per heavy atom. The van der Waals surface area contributed by atoms with Gasteiger partial charge in [-0.2, -0.15) is 5.26 Å². The van der Waals surface area contributed by atoms with Gasteiger partial charge < -0.3 is 24.0 Å². The van der Waals surface area contributed by atoms with Crippen LogP contribution in [0.15, 0.2) is 22.7 Å². The first kappa shape index (κ1) is 25.5. The van der Waals surface area contributed by atoms with Gasteiger partial charge in [-0.3, -0.25) is 4.90 Å². The summed E-state index contributed by atoms with van der Waals surface area (Å²) >= 11 is 3.62. The summed E-state index contributed by atoms with van der Waals surface area (Å²) in [6, 6.07) is 8.18. The minimum absolute atomic E-state index is 0.107. The van der Waals surface area contributed by atoms with Crippen LogP contribution in [-0.2, 0) is 9.47 Å². The zero-order valence-corrected chi connectivity index (χ0v) is 22.5. The van der Waals surface area contributed by atoms with Crippen LogP contribution in [0.3, 0.4) is 0 Å². The van der Waals surface area contributed by atoms with Crippen LogP contribution in [0.25, 0.3) is 10.9 Å². The third kappa shape index (κ3) is 5.47. The highest BCUT2D eigenvalue weighted by Crippen LogP contribution is 2.39. The van der Waals surface area contributed by atoms with E-state index in [4.69, 9.17) is 19.2 Å². The fourth-order valence-corrected chi connectivity index (χ4v) is 5.03.